The number of benzene rings is 1. The maximum Gasteiger partial charge on any atom is 0.232 e. The first-order chi connectivity index (χ1) is 13.0. The number of aromatic nitrogens is 2. The predicted molar refractivity (Wildman–Crippen MR) is 104 cm³/mol. The molecule has 3 rings (SSSR count). The van der Waals surface area contributed by atoms with Crippen LogP contribution >= 0.6 is 11.6 Å². The lowest BCUT2D eigenvalue weighted by atomic mass is 10.2. The Morgan fingerprint density at radius 2 is 2.04 bits per heavy atom. The third-order valence-electron chi connectivity index (χ3n) is 3.79. The molecule has 0 bridgehead atoms. The minimum atomic E-state index is -1.39. The Labute approximate surface area is 164 Å². The van der Waals surface area contributed by atoms with Gasteiger partial charge in [-0.2, -0.15) is 0 Å². The molecule has 1 amide bonds. The third-order valence-corrected chi connectivity index (χ3v) is 5.22. The van der Waals surface area contributed by atoms with Crippen LogP contribution in [-0.4, -0.2) is 25.8 Å². The van der Waals surface area contributed by atoms with Crippen LogP contribution in [0.25, 0.3) is 11.5 Å². The highest BCUT2D eigenvalue weighted by atomic mass is 35.5. The molecule has 6 nitrogen and oxygen atoms in total. The molecule has 0 aliphatic carbocycles. The van der Waals surface area contributed by atoms with Gasteiger partial charge in [0.25, 0.3) is 0 Å². The third kappa shape index (κ3) is 5.48. The first-order valence-corrected chi connectivity index (χ1v) is 10.1. The Kier molecular flexibility index (Phi) is 6.36. The van der Waals surface area contributed by atoms with E-state index in [-0.39, 0.29) is 17.4 Å². The quantitative estimate of drug-likeness (QED) is 0.654. The largest absolute Gasteiger partial charge is 0.441 e. The molecule has 8 heteroatoms. The summed E-state index contributed by atoms with van der Waals surface area (Å²) in [6, 6.07) is 10.8. The minimum Gasteiger partial charge on any atom is -0.441 e. The van der Waals surface area contributed by atoms with E-state index >= 15 is 0 Å². The summed E-state index contributed by atoms with van der Waals surface area (Å²) in [6.07, 6.45) is 3.34. The van der Waals surface area contributed by atoms with Gasteiger partial charge in [-0.15, -0.1) is 0 Å². The second-order valence-corrected chi connectivity index (χ2v) is 7.79. The van der Waals surface area contributed by atoms with E-state index in [0.717, 1.165) is 11.1 Å². The van der Waals surface area contributed by atoms with Crippen molar-refractivity contribution in [2.75, 3.05) is 5.75 Å². The molecule has 1 aromatic carbocycles. The van der Waals surface area contributed by atoms with Crippen LogP contribution in [0.3, 0.4) is 0 Å². The fourth-order valence-electron chi connectivity index (χ4n) is 2.38. The summed E-state index contributed by atoms with van der Waals surface area (Å²) >= 11 is 5.89. The average molecular weight is 404 g/mol. The number of nitrogens with zero attached hydrogens (tertiary/aromatic N) is 2. The molecule has 0 unspecified atom stereocenters. The number of pyridine rings is 1. The number of halogens is 1. The van der Waals surface area contributed by atoms with Gasteiger partial charge >= 0.3 is 0 Å². The molecule has 0 radical (unpaired) electrons. The van der Waals surface area contributed by atoms with Crippen molar-refractivity contribution in [2.45, 2.75) is 19.2 Å². The smallest absolute Gasteiger partial charge is 0.232 e. The summed E-state index contributed by atoms with van der Waals surface area (Å²) in [7, 11) is -1.39. The molecule has 140 valence electrons. The summed E-state index contributed by atoms with van der Waals surface area (Å²) in [4.78, 5) is 20.4. The highest BCUT2D eigenvalue weighted by Gasteiger charge is 2.16. The highest BCUT2D eigenvalue weighted by Crippen LogP contribution is 2.24. The molecule has 0 aliphatic rings. The Bertz CT molecular complexity index is 943. The molecule has 0 saturated heterocycles. The van der Waals surface area contributed by atoms with Gasteiger partial charge < -0.3 is 9.73 Å². The van der Waals surface area contributed by atoms with E-state index < -0.39 is 10.8 Å². The second kappa shape index (κ2) is 8.92. The van der Waals surface area contributed by atoms with E-state index in [0.29, 0.717) is 28.9 Å². The van der Waals surface area contributed by atoms with Gasteiger partial charge in [0.15, 0.2) is 0 Å². The minimum absolute atomic E-state index is 0.0944. The molecule has 1 N–H and O–H groups in total. The number of aryl methyl sites for hydroxylation is 1. The Hall–Kier alpha value is -2.51. The van der Waals surface area contributed by atoms with Gasteiger partial charge in [-0.05, 0) is 42.8 Å². The van der Waals surface area contributed by atoms with E-state index in [9.17, 15) is 9.00 Å². The van der Waals surface area contributed by atoms with Gasteiger partial charge in [-0.3, -0.25) is 14.0 Å². The zero-order valence-corrected chi connectivity index (χ0v) is 16.2. The van der Waals surface area contributed by atoms with Crippen LogP contribution in [0, 0.1) is 6.92 Å². The summed E-state index contributed by atoms with van der Waals surface area (Å²) in [5, 5.41) is 3.36. The maximum absolute atomic E-state index is 12.3. The van der Waals surface area contributed by atoms with Crippen LogP contribution in [0.15, 0.2) is 53.2 Å². The first kappa shape index (κ1) is 19.3. The Morgan fingerprint density at radius 3 is 2.74 bits per heavy atom. The molecular formula is C19H18ClN3O3S. The summed E-state index contributed by atoms with van der Waals surface area (Å²) < 4.78 is 18.0. The molecule has 0 aliphatic heterocycles. The number of hydrogen-bond donors (Lipinski definition) is 1. The van der Waals surface area contributed by atoms with Crippen LogP contribution in [0.2, 0.25) is 5.02 Å². The van der Waals surface area contributed by atoms with Crippen LogP contribution in [0.4, 0.5) is 0 Å². The van der Waals surface area contributed by atoms with Crippen molar-refractivity contribution >= 4 is 28.3 Å². The number of carbonyl (C=O) groups excluding carboxylic acids is 1. The van der Waals surface area contributed by atoms with Crippen LogP contribution in [-0.2, 0) is 27.9 Å². The molecular weight excluding hydrogens is 386 g/mol. The van der Waals surface area contributed by atoms with Crippen LogP contribution < -0.4 is 5.32 Å². The van der Waals surface area contributed by atoms with Crippen molar-refractivity contribution in [1.82, 2.24) is 15.3 Å². The monoisotopic (exact) mass is 403 g/mol. The Morgan fingerprint density at radius 1 is 1.26 bits per heavy atom. The van der Waals surface area contributed by atoms with E-state index in [4.69, 9.17) is 16.0 Å². The number of rotatable bonds is 7. The van der Waals surface area contributed by atoms with E-state index in [1.54, 1.807) is 49.6 Å². The second-order valence-electron chi connectivity index (χ2n) is 5.90. The molecule has 2 aromatic heterocycles. The van der Waals surface area contributed by atoms with E-state index in [1.807, 2.05) is 6.07 Å². The normalized spacial score (nSPS) is 11.9. The zero-order valence-electron chi connectivity index (χ0n) is 14.6. The van der Waals surface area contributed by atoms with Gasteiger partial charge in [0.05, 0.1) is 11.4 Å². The summed E-state index contributed by atoms with van der Waals surface area (Å²) in [6.45, 7) is 2.12. The maximum atomic E-state index is 12.3. The van der Waals surface area contributed by atoms with Crippen molar-refractivity contribution in [1.29, 1.82) is 0 Å². The lowest BCUT2D eigenvalue weighted by Gasteiger charge is -2.04. The number of hydrogen-bond acceptors (Lipinski definition) is 5. The number of carbonyl (C=O) groups is 1. The fraction of sp³-hybridized carbons (Fsp3) is 0.211. The number of oxazole rings is 1. The molecule has 1 atom stereocenters. The molecule has 3 aromatic rings. The molecule has 0 fully saturated rings. The van der Waals surface area contributed by atoms with Gasteiger partial charge in [0.2, 0.25) is 11.8 Å². The lowest BCUT2D eigenvalue weighted by Crippen LogP contribution is -2.28. The predicted octanol–water partition coefficient (Wildman–Crippen LogP) is 3.26. The zero-order chi connectivity index (χ0) is 19.2. The summed E-state index contributed by atoms with van der Waals surface area (Å²) in [5.74, 6) is 0.809. The SMILES string of the molecule is Cc1oc(-c2ccc(Cl)cc2)nc1C[S@](=O)CC(=O)NCc1cccnc1. The topological polar surface area (TPSA) is 85.1 Å². The highest BCUT2D eigenvalue weighted by molar-refractivity contribution is 7.84. The Balaban J connectivity index is 1.56. The number of nitrogens with one attached hydrogen (secondary N) is 1. The van der Waals surface area contributed by atoms with Crippen molar-refractivity contribution in [3.05, 3.63) is 70.8 Å². The van der Waals surface area contributed by atoms with Crippen molar-refractivity contribution in [2.24, 2.45) is 0 Å². The molecule has 0 saturated carbocycles. The van der Waals surface area contributed by atoms with Crippen LogP contribution in [0.1, 0.15) is 17.0 Å². The van der Waals surface area contributed by atoms with Gasteiger partial charge in [-0.25, -0.2) is 4.98 Å². The van der Waals surface area contributed by atoms with Crippen molar-refractivity contribution in [3.8, 4) is 11.5 Å². The van der Waals surface area contributed by atoms with Gasteiger partial charge in [0, 0.05) is 40.3 Å². The van der Waals surface area contributed by atoms with Crippen LogP contribution in [0.5, 0.6) is 0 Å². The number of amides is 1. The van der Waals surface area contributed by atoms with E-state index in [2.05, 4.69) is 15.3 Å². The average Bonchev–Trinajstić information content (AvgIpc) is 3.02. The van der Waals surface area contributed by atoms with Crippen molar-refractivity contribution < 1.29 is 13.4 Å². The molecule has 2 heterocycles. The summed E-state index contributed by atoms with van der Waals surface area (Å²) in [5.41, 5.74) is 2.25. The van der Waals surface area contributed by atoms with Gasteiger partial charge in [-0.1, -0.05) is 17.7 Å². The molecule has 0 spiro atoms. The lowest BCUT2D eigenvalue weighted by molar-refractivity contribution is -0.118. The molecule has 27 heavy (non-hydrogen) atoms. The van der Waals surface area contributed by atoms with E-state index in [1.165, 1.54) is 0 Å². The first-order valence-electron chi connectivity index (χ1n) is 8.24. The van der Waals surface area contributed by atoms with Gasteiger partial charge in [0.1, 0.15) is 11.5 Å². The fourth-order valence-corrected chi connectivity index (χ4v) is 3.58. The standard InChI is InChI=1S/C19H18ClN3O3S/c1-13-17(23-19(26-13)15-4-6-16(20)7-5-15)11-27(25)12-18(24)22-10-14-3-2-8-21-9-14/h2-9H,10-12H2,1H3,(H,22,24)/t27-/m0/s1. The van der Waals surface area contributed by atoms with Crippen molar-refractivity contribution in [3.63, 3.8) is 0 Å².